The number of carbonyl (C=O) groups excluding carboxylic acids is 3. The fourth-order valence-corrected chi connectivity index (χ4v) is 6.41. The fraction of sp³-hybridized carbons (Fsp3) is 0.0357. The van der Waals surface area contributed by atoms with Crippen molar-refractivity contribution in [1.29, 1.82) is 0 Å². The van der Waals surface area contributed by atoms with Gasteiger partial charge in [0.2, 0.25) is 0 Å². The zero-order valence-corrected chi connectivity index (χ0v) is 29.6. The van der Waals surface area contributed by atoms with Gasteiger partial charge in [-0.1, -0.05) is 69.6 Å². The number of halogens is 8. The largest absolute Gasteiger partial charge is 0.376 e. The van der Waals surface area contributed by atoms with Crippen LogP contribution >= 0.6 is 101 Å². The van der Waals surface area contributed by atoms with Gasteiger partial charge in [-0.3, -0.25) is 24.5 Å². The molecule has 0 atom stereocenters. The van der Waals surface area contributed by atoms with Crippen LogP contribution in [0.1, 0.15) is 31.1 Å². The molecule has 4 rings (SSSR count). The van der Waals surface area contributed by atoms with E-state index in [4.69, 9.17) is 69.6 Å². The summed E-state index contributed by atoms with van der Waals surface area (Å²) in [6, 6.07) is 11.8. The molecule has 0 saturated carbocycles. The van der Waals surface area contributed by atoms with E-state index in [1.165, 1.54) is 54.6 Å². The molecule has 0 radical (unpaired) electrons. The van der Waals surface area contributed by atoms with Crippen LogP contribution in [0.15, 0.2) is 63.5 Å². The van der Waals surface area contributed by atoms with E-state index >= 15 is 0 Å². The van der Waals surface area contributed by atoms with Crippen molar-refractivity contribution in [1.82, 2.24) is 0 Å². The SMILES string of the molecule is O=C(CNc1c(Br)cc([N+](=O)[O-])cc1Br)c1cc(C(=O)Nc2cc(Cl)c(Cl)cc2Cl)cc(C(=O)Nc2cc(Cl)c(Cl)cc2Cl)c1. The summed E-state index contributed by atoms with van der Waals surface area (Å²) < 4.78 is 0.642. The van der Waals surface area contributed by atoms with Gasteiger partial charge in [0.15, 0.2) is 5.78 Å². The van der Waals surface area contributed by atoms with Crippen LogP contribution < -0.4 is 16.0 Å². The molecule has 0 fully saturated rings. The number of anilines is 3. The predicted molar refractivity (Wildman–Crippen MR) is 187 cm³/mol. The number of nitro benzene ring substituents is 1. The van der Waals surface area contributed by atoms with Crippen LogP contribution in [0.2, 0.25) is 30.1 Å². The summed E-state index contributed by atoms with van der Waals surface area (Å²) in [6.07, 6.45) is 0. The quantitative estimate of drug-likeness (QED) is 0.0665. The molecule has 0 unspecified atom stereocenters. The number of nitro groups is 1. The number of hydrogen-bond donors (Lipinski definition) is 3. The van der Waals surface area contributed by atoms with Gasteiger partial charge in [-0.2, -0.15) is 0 Å². The van der Waals surface area contributed by atoms with Gasteiger partial charge in [0.05, 0.1) is 58.7 Å². The summed E-state index contributed by atoms with van der Waals surface area (Å²) in [5, 5.41) is 20.1. The number of nitrogens with zero attached hydrogens (tertiary/aromatic N) is 1. The van der Waals surface area contributed by atoms with E-state index in [2.05, 4.69) is 47.8 Å². The highest BCUT2D eigenvalue weighted by molar-refractivity contribution is 9.11. The first-order valence-corrected chi connectivity index (χ1v) is 16.0. The lowest BCUT2D eigenvalue weighted by Crippen LogP contribution is -2.20. The van der Waals surface area contributed by atoms with E-state index in [1.54, 1.807) is 0 Å². The highest BCUT2D eigenvalue weighted by Gasteiger charge is 2.20. The zero-order chi connectivity index (χ0) is 33.2. The van der Waals surface area contributed by atoms with Crippen LogP contribution in [0.25, 0.3) is 0 Å². The Morgan fingerprint density at radius 3 is 1.44 bits per heavy atom. The predicted octanol–water partition coefficient (Wildman–Crippen LogP) is 10.8. The molecule has 3 N–H and O–H groups in total. The number of nitrogens with one attached hydrogen (secondary N) is 3. The Balaban J connectivity index is 1.68. The molecule has 0 spiro atoms. The van der Waals surface area contributed by atoms with Gasteiger partial charge in [0.1, 0.15) is 0 Å². The molecular weight excluding hydrogens is 845 g/mol. The first-order valence-electron chi connectivity index (χ1n) is 12.1. The molecule has 0 aliphatic heterocycles. The molecule has 0 bridgehead atoms. The maximum atomic E-state index is 13.4. The summed E-state index contributed by atoms with van der Waals surface area (Å²) >= 11 is 43.1. The number of hydrogen-bond acceptors (Lipinski definition) is 6. The highest BCUT2D eigenvalue weighted by atomic mass is 79.9. The molecular formula is C28H14Br2Cl6N4O5. The van der Waals surface area contributed by atoms with Crippen LogP contribution in [0.5, 0.6) is 0 Å². The lowest BCUT2D eigenvalue weighted by molar-refractivity contribution is -0.385. The van der Waals surface area contributed by atoms with E-state index in [9.17, 15) is 24.5 Å². The van der Waals surface area contributed by atoms with Crippen molar-refractivity contribution in [2.75, 3.05) is 22.5 Å². The third kappa shape index (κ3) is 8.60. The summed E-state index contributed by atoms with van der Waals surface area (Å²) in [6.45, 7) is -0.321. The van der Waals surface area contributed by atoms with Crippen molar-refractivity contribution in [3.05, 3.63) is 120 Å². The Morgan fingerprint density at radius 2 is 1.02 bits per heavy atom. The molecule has 9 nitrogen and oxygen atoms in total. The van der Waals surface area contributed by atoms with Crippen LogP contribution in [0, 0.1) is 10.1 Å². The van der Waals surface area contributed by atoms with Gasteiger partial charge in [-0.15, -0.1) is 0 Å². The summed E-state index contributed by atoms with van der Waals surface area (Å²) in [7, 11) is 0. The second kappa shape index (κ2) is 14.9. The minimum Gasteiger partial charge on any atom is -0.376 e. The molecule has 4 aromatic rings. The minimum atomic E-state index is -0.722. The Morgan fingerprint density at radius 1 is 0.622 bits per heavy atom. The van der Waals surface area contributed by atoms with Gasteiger partial charge >= 0.3 is 0 Å². The van der Waals surface area contributed by atoms with E-state index in [0.717, 1.165) is 0 Å². The van der Waals surface area contributed by atoms with E-state index in [1.807, 2.05) is 0 Å². The highest BCUT2D eigenvalue weighted by Crippen LogP contribution is 2.36. The normalized spacial score (nSPS) is 10.8. The first-order chi connectivity index (χ1) is 21.1. The average molecular weight is 859 g/mol. The van der Waals surface area contributed by atoms with Gasteiger partial charge in [0.25, 0.3) is 17.5 Å². The average Bonchev–Trinajstić information content (AvgIpc) is 2.97. The van der Waals surface area contributed by atoms with E-state index < -0.39 is 22.5 Å². The van der Waals surface area contributed by atoms with Crippen LogP contribution in [0.3, 0.4) is 0 Å². The summed E-state index contributed by atoms with van der Waals surface area (Å²) in [5.41, 5.74) is 0.285. The maximum absolute atomic E-state index is 13.4. The van der Waals surface area contributed by atoms with Crippen molar-refractivity contribution >= 4 is 142 Å². The third-order valence-corrected chi connectivity index (χ3v) is 9.28. The molecule has 0 aromatic heterocycles. The fourth-order valence-electron chi connectivity index (χ4n) is 3.78. The first kappa shape index (κ1) is 35.2. The molecule has 0 saturated heterocycles. The number of carbonyl (C=O) groups is 3. The molecule has 45 heavy (non-hydrogen) atoms. The summed E-state index contributed by atoms with van der Waals surface area (Å²) in [5.74, 6) is -1.98. The second-order valence-electron chi connectivity index (χ2n) is 9.02. The topological polar surface area (TPSA) is 130 Å². The van der Waals surface area contributed by atoms with Crippen LogP contribution in [-0.4, -0.2) is 29.1 Å². The third-order valence-electron chi connectivity index (χ3n) is 5.96. The number of non-ortho nitro benzene ring substituents is 1. The molecule has 4 aromatic carbocycles. The molecule has 2 amide bonds. The smallest absolute Gasteiger partial charge is 0.271 e. The van der Waals surface area contributed by atoms with E-state index in [-0.39, 0.29) is 70.4 Å². The van der Waals surface area contributed by atoms with Gasteiger partial charge < -0.3 is 16.0 Å². The Labute approximate surface area is 301 Å². The number of Topliss-reactive ketones (excluding diaryl/α,β-unsaturated/α-hetero) is 1. The van der Waals surface area contributed by atoms with Crippen LogP contribution in [-0.2, 0) is 0 Å². The van der Waals surface area contributed by atoms with Crippen molar-refractivity contribution in [2.45, 2.75) is 0 Å². The zero-order valence-electron chi connectivity index (χ0n) is 21.9. The molecule has 232 valence electrons. The van der Waals surface area contributed by atoms with Crippen molar-refractivity contribution < 1.29 is 19.3 Å². The van der Waals surface area contributed by atoms with Crippen molar-refractivity contribution in [3.63, 3.8) is 0 Å². The molecule has 0 aliphatic carbocycles. The van der Waals surface area contributed by atoms with Gasteiger partial charge in [0, 0.05) is 37.8 Å². The Kier molecular flexibility index (Phi) is 11.6. The second-order valence-corrected chi connectivity index (χ2v) is 13.2. The number of rotatable bonds is 9. The van der Waals surface area contributed by atoms with Crippen LogP contribution in [0.4, 0.5) is 22.7 Å². The molecule has 0 heterocycles. The van der Waals surface area contributed by atoms with Crippen molar-refractivity contribution in [3.8, 4) is 0 Å². The maximum Gasteiger partial charge on any atom is 0.271 e. The number of benzene rings is 4. The lowest BCUT2D eigenvalue weighted by atomic mass is 10.0. The van der Waals surface area contributed by atoms with Crippen molar-refractivity contribution in [2.24, 2.45) is 0 Å². The number of ketones is 1. The monoisotopic (exact) mass is 854 g/mol. The Hall–Kier alpha value is -2.61. The van der Waals surface area contributed by atoms with E-state index in [0.29, 0.717) is 14.6 Å². The summed E-state index contributed by atoms with van der Waals surface area (Å²) in [4.78, 5) is 50.6. The minimum absolute atomic E-state index is 0.0186. The Bertz CT molecular complexity index is 1800. The standard InChI is InChI=1S/C28H14Br2Cl6N4O5/c29-15-4-14(40(44)45)5-16(30)26(15)37-10-25(41)11-1-12(27(42)38-23-8-19(33)17(31)6-21(23)35)3-13(2-11)28(43)39-24-9-20(34)18(32)7-22(24)36/h1-9,37H,10H2,(H,38,42)(H,39,43). The lowest BCUT2D eigenvalue weighted by Gasteiger charge is -2.14. The van der Waals surface area contributed by atoms with Gasteiger partial charge in [-0.25, -0.2) is 0 Å². The van der Waals surface area contributed by atoms with Gasteiger partial charge in [-0.05, 0) is 74.3 Å². The number of amides is 2. The molecule has 17 heteroatoms. The molecule has 0 aliphatic rings.